The lowest BCUT2D eigenvalue weighted by molar-refractivity contribution is -0.139. The van der Waals surface area contributed by atoms with Crippen molar-refractivity contribution in [1.29, 1.82) is 0 Å². The van der Waals surface area contributed by atoms with Crippen LogP contribution in [0.3, 0.4) is 0 Å². The molecule has 20 heavy (non-hydrogen) atoms. The molecule has 0 unspecified atom stereocenters. The predicted octanol–water partition coefficient (Wildman–Crippen LogP) is 2.14. The molecule has 1 aliphatic carbocycles. The second-order valence-corrected chi connectivity index (χ2v) is 6.24. The molecule has 0 saturated carbocycles. The minimum Gasteiger partial charge on any atom is -0.376 e. The van der Waals surface area contributed by atoms with Crippen molar-refractivity contribution in [3.63, 3.8) is 0 Å². The first kappa shape index (κ1) is 14.1. The number of hydrogen-bond donors (Lipinski definition) is 0. The fourth-order valence-electron chi connectivity index (χ4n) is 3.71. The molecule has 0 N–H and O–H groups in total. The lowest BCUT2D eigenvalue weighted by Crippen LogP contribution is -2.48. The van der Waals surface area contributed by atoms with Gasteiger partial charge in [0.15, 0.2) is 0 Å². The first-order valence-corrected chi connectivity index (χ1v) is 7.92. The first-order valence-electron chi connectivity index (χ1n) is 7.92. The molecule has 3 aliphatic rings. The summed E-state index contributed by atoms with van der Waals surface area (Å²) in [6.45, 7) is 5.18. The van der Waals surface area contributed by atoms with E-state index in [9.17, 15) is 4.79 Å². The van der Waals surface area contributed by atoms with Gasteiger partial charge in [0, 0.05) is 32.0 Å². The van der Waals surface area contributed by atoms with Gasteiger partial charge in [0.1, 0.15) is 0 Å². The Morgan fingerprint density at radius 2 is 2.05 bits per heavy atom. The zero-order valence-electron chi connectivity index (χ0n) is 12.3. The van der Waals surface area contributed by atoms with E-state index < -0.39 is 0 Å². The van der Waals surface area contributed by atoms with Crippen LogP contribution in [0.25, 0.3) is 0 Å². The van der Waals surface area contributed by atoms with Crippen molar-refractivity contribution in [2.75, 3.05) is 26.3 Å². The third-order valence-electron chi connectivity index (χ3n) is 4.92. The van der Waals surface area contributed by atoms with Gasteiger partial charge in [-0.25, -0.2) is 0 Å². The number of hydrogen-bond acceptors (Lipinski definition) is 3. The standard InChI is InChI=1S/C16H25NO3/c1-2-19-14-11-16(20-12-14)7-9-17(10-8-16)15(18)13-5-3-4-6-13/h3-4,13-14H,2,5-12H2,1H3/t14-/m0/s1. The summed E-state index contributed by atoms with van der Waals surface area (Å²) in [4.78, 5) is 14.4. The molecule has 0 aromatic carbocycles. The molecule has 3 rings (SSSR count). The van der Waals surface area contributed by atoms with Crippen LogP contribution in [-0.4, -0.2) is 48.8 Å². The molecule has 2 fully saturated rings. The Hall–Kier alpha value is -0.870. The summed E-state index contributed by atoms with van der Waals surface area (Å²) < 4.78 is 11.7. The van der Waals surface area contributed by atoms with Crippen molar-refractivity contribution < 1.29 is 14.3 Å². The number of amides is 1. The highest BCUT2D eigenvalue weighted by Gasteiger charge is 2.44. The van der Waals surface area contributed by atoms with Crippen molar-refractivity contribution in [2.45, 2.75) is 50.7 Å². The lowest BCUT2D eigenvalue weighted by Gasteiger charge is -2.39. The number of nitrogens with zero attached hydrogens (tertiary/aromatic N) is 1. The molecule has 1 atom stereocenters. The average molecular weight is 279 g/mol. The number of carbonyl (C=O) groups is 1. The first-order chi connectivity index (χ1) is 9.72. The number of carbonyl (C=O) groups excluding carboxylic acids is 1. The van der Waals surface area contributed by atoms with Gasteiger partial charge in [-0.3, -0.25) is 4.79 Å². The summed E-state index contributed by atoms with van der Waals surface area (Å²) in [5.41, 5.74) is -0.0233. The molecule has 2 heterocycles. The molecular weight excluding hydrogens is 254 g/mol. The molecule has 4 nitrogen and oxygen atoms in total. The topological polar surface area (TPSA) is 38.8 Å². The number of rotatable bonds is 3. The van der Waals surface area contributed by atoms with E-state index in [4.69, 9.17) is 9.47 Å². The smallest absolute Gasteiger partial charge is 0.226 e. The molecule has 2 aliphatic heterocycles. The summed E-state index contributed by atoms with van der Waals surface area (Å²) in [6, 6.07) is 0. The summed E-state index contributed by atoms with van der Waals surface area (Å²) in [7, 11) is 0. The maximum Gasteiger partial charge on any atom is 0.226 e. The van der Waals surface area contributed by atoms with Crippen molar-refractivity contribution in [2.24, 2.45) is 5.92 Å². The molecule has 0 radical (unpaired) electrons. The van der Waals surface area contributed by atoms with Gasteiger partial charge < -0.3 is 14.4 Å². The second-order valence-electron chi connectivity index (χ2n) is 6.24. The predicted molar refractivity (Wildman–Crippen MR) is 76.4 cm³/mol. The van der Waals surface area contributed by atoms with Crippen molar-refractivity contribution in [3.05, 3.63) is 12.2 Å². The van der Waals surface area contributed by atoms with Crippen LogP contribution < -0.4 is 0 Å². The van der Waals surface area contributed by atoms with Gasteiger partial charge >= 0.3 is 0 Å². The lowest BCUT2D eigenvalue weighted by atomic mass is 9.87. The average Bonchev–Trinajstić information content (AvgIpc) is 3.10. The Bertz CT molecular complexity index is 377. The van der Waals surface area contributed by atoms with Crippen LogP contribution in [0.5, 0.6) is 0 Å². The molecule has 1 amide bonds. The van der Waals surface area contributed by atoms with E-state index in [2.05, 4.69) is 12.2 Å². The van der Waals surface area contributed by atoms with Crippen LogP contribution in [0, 0.1) is 5.92 Å². The molecule has 1 spiro atoms. The molecule has 0 aromatic rings. The third kappa shape index (κ3) is 2.77. The van der Waals surface area contributed by atoms with Crippen molar-refractivity contribution in [3.8, 4) is 0 Å². The number of piperidine rings is 1. The van der Waals surface area contributed by atoms with Crippen LogP contribution >= 0.6 is 0 Å². The largest absolute Gasteiger partial charge is 0.376 e. The zero-order valence-corrected chi connectivity index (χ0v) is 12.3. The molecule has 112 valence electrons. The van der Waals surface area contributed by atoms with E-state index >= 15 is 0 Å². The summed E-state index contributed by atoms with van der Waals surface area (Å²) >= 11 is 0. The maximum atomic E-state index is 12.4. The fraction of sp³-hybridized carbons (Fsp3) is 0.812. The third-order valence-corrected chi connectivity index (χ3v) is 4.92. The van der Waals surface area contributed by atoms with Crippen LogP contribution in [-0.2, 0) is 14.3 Å². The number of ether oxygens (including phenoxy) is 2. The van der Waals surface area contributed by atoms with Gasteiger partial charge in [-0.2, -0.15) is 0 Å². The summed E-state index contributed by atoms with van der Waals surface area (Å²) in [6.07, 6.45) is 9.26. The van der Waals surface area contributed by atoms with Gasteiger partial charge in [0.2, 0.25) is 5.91 Å². The maximum absolute atomic E-state index is 12.4. The van der Waals surface area contributed by atoms with Gasteiger partial charge in [0.05, 0.1) is 18.3 Å². The zero-order chi connectivity index (χ0) is 14.0. The van der Waals surface area contributed by atoms with Crippen molar-refractivity contribution >= 4 is 5.91 Å². The normalized spacial score (nSPS) is 29.4. The fourth-order valence-corrected chi connectivity index (χ4v) is 3.71. The van der Waals surface area contributed by atoms with E-state index in [1.165, 1.54) is 0 Å². The Labute approximate surface area is 121 Å². The Kier molecular flexibility index (Phi) is 4.13. The quantitative estimate of drug-likeness (QED) is 0.743. The van der Waals surface area contributed by atoms with Crippen LogP contribution in [0.15, 0.2) is 12.2 Å². The van der Waals surface area contributed by atoms with E-state index in [0.717, 1.165) is 51.8 Å². The summed E-state index contributed by atoms with van der Waals surface area (Å²) in [5.74, 6) is 0.536. The molecule has 0 aromatic heterocycles. The highest BCUT2D eigenvalue weighted by Crippen LogP contribution is 2.37. The van der Waals surface area contributed by atoms with Crippen molar-refractivity contribution in [1.82, 2.24) is 4.90 Å². The SMILES string of the molecule is CCO[C@@H]1COC2(CCN(C(=O)C3CC=CC3)CC2)C1. The summed E-state index contributed by atoms with van der Waals surface area (Å²) in [5, 5.41) is 0. The van der Waals surface area contributed by atoms with E-state index in [-0.39, 0.29) is 17.6 Å². The van der Waals surface area contributed by atoms with Crippen LogP contribution in [0.2, 0.25) is 0 Å². The van der Waals surface area contributed by atoms with E-state index in [1.54, 1.807) is 0 Å². The molecule has 0 bridgehead atoms. The Morgan fingerprint density at radius 1 is 1.35 bits per heavy atom. The minimum atomic E-state index is -0.0233. The van der Waals surface area contributed by atoms with Gasteiger partial charge in [-0.05, 0) is 32.6 Å². The molecule has 2 saturated heterocycles. The van der Waals surface area contributed by atoms with Crippen LogP contribution in [0.4, 0.5) is 0 Å². The highest BCUT2D eigenvalue weighted by atomic mass is 16.6. The number of allylic oxidation sites excluding steroid dienone is 2. The second kappa shape index (κ2) is 5.86. The van der Waals surface area contributed by atoms with Gasteiger partial charge in [-0.1, -0.05) is 12.2 Å². The van der Waals surface area contributed by atoms with Crippen LogP contribution in [0.1, 0.15) is 39.0 Å². The highest BCUT2D eigenvalue weighted by molar-refractivity contribution is 5.79. The van der Waals surface area contributed by atoms with Gasteiger partial charge in [-0.15, -0.1) is 0 Å². The van der Waals surface area contributed by atoms with E-state index in [0.29, 0.717) is 12.5 Å². The number of likely N-dealkylation sites (tertiary alicyclic amines) is 1. The van der Waals surface area contributed by atoms with E-state index in [1.807, 2.05) is 11.8 Å². The Balaban J connectivity index is 1.51. The monoisotopic (exact) mass is 279 g/mol. The minimum absolute atomic E-state index is 0.0233. The molecular formula is C16H25NO3. The molecule has 4 heteroatoms. The Morgan fingerprint density at radius 3 is 2.70 bits per heavy atom. The van der Waals surface area contributed by atoms with Gasteiger partial charge in [0.25, 0.3) is 0 Å².